The van der Waals surface area contributed by atoms with Gasteiger partial charge in [-0.3, -0.25) is 0 Å². The smallest absolute Gasteiger partial charge is 0.0780 e. The molecule has 26 heavy (non-hydrogen) atoms. The molecule has 0 aromatic heterocycles. The van der Waals surface area contributed by atoms with Crippen LogP contribution in [0.2, 0.25) is 0 Å². The van der Waals surface area contributed by atoms with Crippen molar-refractivity contribution in [3.63, 3.8) is 0 Å². The molecule has 0 N–H and O–H groups in total. The highest BCUT2D eigenvalue weighted by molar-refractivity contribution is 5.63. The minimum absolute atomic E-state index is 0.233. The van der Waals surface area contributed by atoms with Crippen LogP contribution in [-0.4, -0.2) is 38.1 Å². The molecule has 0 bridgehead atoms. The second-order valence-electron chi connectivity index (χ2n) is 9.15. The van der Waals surface area contributed by atoms with Crippen LogP contribution in [0.3, 0.4) is 0 Å². The standard InChI is InChI=1S/C23H47NO2/c1-24(2,3)22-20-18-16-14-12-10-8-6-4-5-7-9-11-13-15-17-19-21-23(25)26/h4-22H2,1-3H3. The monoisotopic (exact) mass is 369 g/mol. The zero-order chi connectivity index (χ0) is 19.5. The number of aliphatic carboxylic acids is 1. The lowest BCUT2D eigenvalue weighted by Gasteiger charge is -2.23. The van der Waals surface area contributed by atoms with Crippen molar-refractivity contribution < 1.29 is 14.4 Å². The highest BCUT2D eigenvalue weighted by Crippen LogP contribution is 2.14. The number of unbranched alkanes of at least 4 members (excludes halogenated alkanes) is 16. The first kappa shape index (κ1) is 25.4. The van der Waals surface area contributed by atoms with Crippen molar-refractivity contribution in [2.75, 3.05) is 27.7 Å². The third kappa shape index (κ3) is 23.4. The van der Waals surface area contributed by atoms with Gasteiger partial charge in [0.05, 0.1) is 27.7 Å². The highest BCUT2D eigenvalue weighted by Gasteiger charge is 2.04. The van der Waals surface area contributed by atoms with Gasteiger partial charge in [-0.1, -0.05) is 89.9 Å². The largest absolute Gasteiger partial charge is 0.550 e. The number of hydrogen-bond acceptors (Lipinski definition) is 2. The van der Waals surface area contributed by atoms with Crippen LogP contribution >= 0.6 is 0 Å². The molecule has 0 saturated carbocycles. The van der Waals surface area contributed by atoms with E-state index in [1.807, 2.05) is 0 Å². The van der Waals surface area contributed by atoms with Crippen molar-refractivity contribution in [2.45, 2.75) is 116 Å². The first-order valence-corrected chi connectivity index (χ1v) is 11.4. The summed E-state index contributed by atoms with van der Waals surface area (Å²) in [5, 5.41) is 10.3. The van der Waals surface area contributed by atoms with Gasteiger partial charge in [0.2, 0.25) is 0 Å². The number of hydrogen-bond donors (Lipinski definition) is 0. The lowest BCUT2D eigenvalue weighted by atomic mass is 10.0. The molecule has 0 atom stereocenters. The van der Waals surface area contributed by atoms with E-state index < -0.39 is 5.97 Å². The maximum atomic E-state index is 10.3. The van der Waals surface area contributed by atoms with Crippen LogP contribution in [-0.2, 0) is 4.79 Å². The maximum absolute atomic E-state index is 10.3. The Hall–Kier alpha value is -0.570. The van der Waals surface area contributed by atoms with Gasteiger partial charge < -0.3 is 14.4 Å². The molecule has 0 fully saturated rings. The number of nitrogens with zero attached hydrogens (tertiary/aromatic N) is 1. The molecule has 0 aliphatic carbocycles. The summed E-state index contributed by atoms with van der Waals surface area (Å²) in [6, 6.07) is 0. The summed E-state index contributed by atoms with van der Waals surface area (Å²) in [6.45, 7) is 1.31. The molecular formula is C23H47NO2. The minimum Gasteiger partial charge on any atom is -0.550 e. The van der Waals surface area contributed by atoms with E-state index in [-0.39, 0.29) is 6.42 Å². The summed E-state index contributed by atoms with van der Waals surface area (Å²) >= 11 is 0. The molecule has 156 valence electrons. The van der Waals surface area contributed by atoms with E-state index in [2.05, 4.69) is 21.1 Å². The molecule has 0 aliphatic rings. The van der Waals surface area contributed by atoms with E-state index in [1.165, 1.54) is 103 Å². The van der Waals surface area contributed by atoms with Gasteiger partial charge in [0.1, 0.15) is 0 Å². The summed E-state index contributed by atoms with van der Waals surface area (Å²) in [6.07, 6.45) is 22.7. The fourth-order valence-corrected chi connectivity index (χ4v) is 3.51. The molecule has 0 aromatic carbocycles. The van der Waals surface area contributed by atoms with Gasteiger partial charge in [-0.05, 0) is 25.7 Å². The van der Waals surface area contributed by atoms with Crippen LogP contribution < -0.4 is 5.11 Å². The maximum Gasteiger partial charge on any atom is 0.0780 e. The number of carboxylic acids is 1. The third-order valence-corrected chi connectivity index (χ3v) is 5.21. The summed E-state index contributed by atoms with van der Waals surface area (Å²) in [5.41, 5.74) is 0. The molecule has 0 spiro atoms. The van der Waals surface area contributed by atoms with Crippen molar-refractivity contribution in [1.29, 1.82) is 0 Å². The van der Waals surface area contributed by atoms with E-state index in [9.17, 15) is 9.90 Å². The van der Waals surface area contributed by atoms with E-state index in [0.29, 0.717) is 0 Å². The Morgan fingerprint density at radius 2 is 0.808 bits per heavy atom. The number of carbonyl (C=O) groups excluding carboxylic acids is 1. The third-order valence-electron chi connectivity index (χ3n) is 5.21. The predicted octanol–water partition coefficient (Wildman–Crippen LogP) is 5.46. The molecule has 3 nitrogen and oxygen atoms in total. The Labute approximate surface area is 164 Å². The van der Waals surface area contributed by atoms with E-state index in [0.717, 1.165) is 17.3 Å². The van der Waals surface area contributed by atoms with Crippen LogP contribution in [0.4, 0.5) is 0 Å². The first-order chi connectivity index (χ1) is 12.4. The molecule has 0 amide bonds. The second kappa shape index (κ2) is 17.8. The van der Waals surface area contributed by atoms with Crippen LogP contribution in [0.1, 0.15) is 116 Å². The summed E-state index contributed by atoms with van der Waals surface area (Å²) in [7, 11) is 6.84. The van der Waals surface area contributed by atoms with Crippen molar-refractivity contribution in [2.24, 2.45) is 0 Å². The predicted molar refractivity (Wildman–Crippen MR) is 111 cm³/mol. The topological polar surface area (TPSA) is 40.1 Å². The van der Waals surface area contributed by atoms with Crippen LogP contribution in [0.5, 0.6) is 0 Å². The van der Waals surface area contributed by atoms with Gasteiger partial charge in [-0.2, -0.15) is 0 Å². The van der Waals surface area contributed by atoms with Crippen molar-refractivity contribution in [3.05, 3.63) is 0 Å². The highest BCUT2D eigenvalue weighted by atomic mass is 16.4. The summed E-state index contributed by atoms with van der Waals surface area (Å²) in [4.78, 5) is 10.3. The fraction of sp³-hybridized carbons (Fsp3) is 0.957. The molecule has 0 rings (SSSR count). The van der Waals surface area contributed by atoms with Crippen LogP contribution in [0.25, 0.3) is 0 Å². The number of carboxylic acid groups (broad SMARTS) is 1. The lowest BCUT2D eigenvalue weighted by Crippen LogP contribution is -2.35. The molecule has 3 heteroatoms. The van der Waals surface area contributed by atoms with Crippen molar-refractivity contribution >= 4 is 5.97 Å². The van der Waals surface area contributed by atoms with Gasteiger partial charge >= 0.3 is 0 Å². The second-order valence-corrected chi connectivity index (χ2v) is 9.15. The number of quaternary nitrogens is 1. The zero-order valence-electron chi connectivity index (χ0n) is 18.2. The average molecular weight is 370 g/mol. The Morgan fingerprint density at radius 1 is 0.538 bits per heavy atom. The number of rotatable bonds is 20. The van der Waals surface area contributed by atoms with E-state index in [4.69, 9.17) is 0 Å². The molecular weight excluding hydrogens is 322 g/mol. The first-order valence-electron chi connectivity index (χ1n) is 11.4. The Morgan fingerprint density at radius 3 is 1.08 bits per heavy atom. The summed E-state index contributed by atoms with van der Waals surface area (Å²) < 4.78 is 1.10. The lowest BCUT2D eigenvalue weighted by molar-refractivity contribution is -0.870. The van der Waals surface area contributed by atoms with Gasteiger partial charge in [0.25, 0.3) is 0 Å². The van der Waals surface area contributed by atoms with Gasteiger partial charge in [-0.15, -0.1) is 0 Å². The summed E-state index contributed by atoms with van der Waals surface area (Å²) in [5.74, 6) is -0.902. The van der Waals surface area contributed by atoms with Gasteiger partial charge in [-0.25, -0.2) is 0 Å². The SMILES string of the molecule is C[N+](C)(C)CCCCCCCCCCCCCCCCCCCC(=O)[O-]. The number of carbonyl (C=O) groups is 1. The normalized spacial score (nSPS) is 11.8. The molecule has 0 radical (unpaired) electrons. The Bertz CT molecular complexity index is 310. The molecule has 0 aromatic rings. The van der Waals surface area contributed by atoms with Crippen LogP contribution in [0, 0.1) is 0 Å². The van der Waals surface area contributed by atoms with Gasteiger partial charge in [0.15, 0.2) is 0 Å². The van der Waals surface area contributed by atoms with Crippen LogP contribution in [0.15, 0.2) is 0 Å². The van der Waals surface area contributed by atoms with E-state index >= 15 is 0 Å². The average Bonchev–Trinajstić information content (AvgIpc) is 2.55. The fourth-order valence-electron chi connectivity index (χ4n) is 3.51. The Balaban J connectivity index is 3.04. The molecule has 0 aliphatic heterocycles. The Kier molecular flexibility index (Phi) is 17.4. The van der Waals surface area contributed by atoms with Crippen molar-refractivity contribution in [3.8, 4) is 0 Å². The molecule has 0 saturated heterocycles. The molecule has 0 heterocycles. The quantitative estimate of drug-likeness (QED) is 0.211. The van der Waals surface area contributed by atoms with Crippen molar-refractivity contribution in [1.82, 2.24) is 0 Å². The minimum atomic E-state index is -0.902. The van der Waals surface area contributed by atoms with Gasteiger partial charge in [0, 0.05) is 5.97 Å². The van der Waals surface area contributed by atoms with E-state index in [1.54, 1.807) is 0 Å². The zero-order valence-corrected chi connectivity index (χ0v) is 18.2. The molecule has 0 unspecified atom stereocenters.